The van der Waals surface area contributed by atoms with Gasteiger partial charge in [0.1, 0.15) is 11.0 Å². The third kappa shape index (κ3) is 7.06. The fourth-order valence-electron chi connectivity index (χ4n) is 3.48. The fraction of sp³-hybridized carbons (Fsp3) is 0.462. The Morgan fingerprint density at radius 3 is 2.50 bits per heavy atom. The van der Waals surface area contributed by atoms with Gasteiger partial charge >= 0.3 is 11.2 Å². The number of ether oxygens (including phenoxy) is 1. The highest BCUT2D eigenvalue weighted by Gasteiger charge is 2.43. The molecule has 0 N–H and O–H groups in total. The minimum atomic E-state index is -0.616. The van der Waals surface area contributed by atoms with Crippen molar-refractivity contribution >= 4 is 28.9 Å². The van der Waals surface area contributed by atoms with E-state index in [9.17, 15) is 14.4 Å². The number of thioether (sulfide) groups is 1. The first kappa shape index (κ1) is 25.7. The summed E-state index contributed by atoms with van der Waals surface area (Å²) in [6, 6.07) is 11.6. The van der Waals surface area contributed by atoms with Crippen LogP contribution in [0.2, 0.25) is 0 Å². The van der Waals surface area contributed by atoms with E-state index in [0.717, 1.165) is 48.0 Å². The Kier molecular flexibility index (Phi) is 9.51. The summed E-state index contributed by atoms with van der Waals surface area (Å²) in [5.74, 6) is -0.668. The van der Waals surface area contributed by atoms with Gasteiger partial charge in [-0.25, -0.2) is 4.79 Å². The number of carbonyl (C=O) groups excluding carboxylic acids is 3. The number of aryl methyl sites for hydroxylation is 1. The van der Waals surface area contributed by atoms with Crippen molar-refractivity contribution in [3.8, 4) is 5.75 Å². The Bertz CT molecular complexity index is 978. The number of aromatic nitrogens is 1. The minimum Gasteiger partial charge on any atom is -0.493 e. The van der Waals surface area contributed by atoms with Crippen LogP contribution in [0, 0.1) is 5.92 Å². The van der Waals surface area contributed by atoms with Crippen molar-refractivity contribution in [3.63, 3.8) is 0 Å². The van der Waals surface area contributed by atoms with Gasteiger partial charge in [0.05, 0.1) is 12.5 Å². The summed E-state index contributed by atoms with van der Waals surface area (Å²) in [4.78, 5) is 46.7. The molecule has 7 nitrogen and oxygen atoms in total. The van der Waals surface area contributed by atoms with Gasteiger partial charge in [-0.05, 0) is 60.4 Å². The van der Waals surface area contributed by atoms with E-state index in [0.29, 0.717) is 30.9 Å². The summed E-state index contributed by atoms with van der Waals surface area (Å²) in [6.45, 7) is 6.40. The van der Waals surface area contributed by atoms with Gasteiger partial charge in [0.15, 0.2) is 0 Å². The lowest BCUT2D eigenvalue weighted by molar-refractivity contribution is -0.186. The average molecular weight is 485 g/mol. The van der Waals surface area contributed by atoms with Gasteiger partial charge in [-0.15, -0.1) is 0 Å². The monoisotopic (exact) mass is 484 g/mol. The number of benzene rings is 1. The summed E-state index contributed by atoms with van der Waals surface area (Å²) in [5.41, 5.74) is 3.09. The van der Waals surface area contributed by atoms with E-state index in [-0.39, 0.29) is 5.92 Å². The Hall–Kier alpha value is -2.87. The van der Waals surface area contributed by atoms with Crippen molar-refractivity contribution in [2.24, 2.45) is 5.92 Å². The van der Waals surface area contributed by atoms with E-state index >= 15 is 0 Å². The topological polar surface area (TPSA) is 85.8 Å². The highest BCUT2D eigenvalue weighted by atomic mass is 32.2. The summed E-state index contributed by atoms with van der Waals surface area (Å²) >= 11 is 0.888. The van der Waals surface area contributed by atoms with Crippen LogP contribution >= 0.6 is 11.8 Å². The van der Waals surface area contributed by atoms with Crippen molar-refractivity contribution in [1.29, 1.82) is 0 Å². The Balaban J connectivity index is 1.47. The van der Waals surface area contributed by atoms with Crippen molar-refractivity contribution in [3.05, 3.63) is 59.4 Å². The van der Waals surface area contributed by atoms with Crippen LogP contribution in [0.3, 0.4) is 0 Å². The van der Waals surface area contributed by atoms with E-state index in [4.69, 9.17) is 9.57 Å². The summed E-state index contributed by atoms with van der Waals surface area (Å²) in [7, 11) is 0. The van der Waals surface area contributed by atoms with E-state index < -0.39 is 22.4 Å². The van der Waals surface area contributed by atoms with Gasteiger partial charge in [0, 0.05) is 18.3 Å². The minimum absolute atomic E-state index is 0.358. The Morgan fingerprint density at radius 1 is 1.12 bits per heavy atom. The van der Waals surface area contributed by atoms with Crippen LogP contribution in [0.4, 0.5) is 4.79 Å². The smallest absolute Gasteiger partial charge is 0.336 e. The highest BCUT2D eigenvalue weighted by Crippen LogP contribution is 2.31. The number of pyridine rings is 1. The lowest BCUT2D eigenvalue weighted by Gasteiger charge is -2.16. The van der Waals surface area contributed by atoms with Gasteiger partial charge in [-0.2, -0.15) is 0 Å². The zero-order valence-corrected chi connectivity index (χ0v) is 20.8. The molecule has 1 aliphatic heterocycles. The second-order valence-corrected chi connectivity index (χ2v) is 9.57. The molecule has 1 aromatic carbocycles. The first-order valence-electron chi connectivity index (χ1n) is 11.8. The zero-order chi connectivity index (χ0) is 24.5. The van der Waals surface area contributed by atoms with Gasteiger partial charge in [-0.3, -0.25) is 14.6 Å². The quantitative estimate of drug-likeness (QED) is 0.411. The zero-order valence-electron chi connectivity index (χ0n) is 20.0. The van der Waals surface area contributed by atoms with Gasteiger partial charge in [0.2, 0.25) is 0 Å². The number of carbonyl (C=O) groups is 3. The number of unbranched alkanes of at least 4 members (excludes halogenated alkanes) is 1. The number of hydroxylamine groups is 2. The molecule has 0 bridgehead atoms. The molecule has 1 aliphatic rings. The molecule has 1 saturated heterocycles. The maximum absolute atomic E-state index is 12.7. The second-order valence-electron chi connectivity index (χ2n) is 8.42. The van der Waals surface area contributed by atoms with Crippen LogP contribution in [-0.2, 0) is 33.7 Å². The van der Waals surface area contributed by atoms with Gasteiger partial charge < -0.3 is 9.57 Å². The van der Waals surface area contributed by atoms with Gasteiger partial charge in [-0.1, -0.05) is 56.9 Å². The van der Waals surface area contributed by atoms with Crippen LogP contribution < -0.4 is 4.74 Å². The normalized spacial score (nSPS) is 16.6. The SMILES string of the molecule is CCCCC(C)C(=O)ON1C(=O)SC(Cc2ccc(OCCc3ccc(CC)cn3)cc2)C1=O. The molecule has 0 spiro atoms. The van der Waals surface area contributed by atoms with E-state index in [2.05, 4.69) is 18.0 Å². The van der Waals surface area contributed by atoms with Crippen LogP contribution in [0.15, 0.2) is 42.6 Å². The number of amides is 2. The Labute approximate surface area is 205 Å². The summed E-state index contributed by atoms with van der Waals surface area (Å²) in [5, 5.41) is -0.541. The van der Waals surface area contributed by atoms with Crippen LogP contribution in [-0.4, -0.2) is 39.0 Å². The molecule has 1 fully saturated rings. The van der Waals surface area contributed by atoms with Crippen molar-refractivity contribution < 1.29 is 24.0 Å². The first-order chi connectivity index (χ1) is 16.4. The first-order valence-corrected chi connectivity index (χ1v) is 12.7. The fourth-order valence-corrected chi connectivity index (χ4v) is 4.42. The van der Waals surface area contributed by atoms with Crippen LogP contribution in [0.5, 0.6) is 5.75 Å². The molecule has 2 amide bonds. The predicted octanol–water partition coefficient (Wildman–Crippen LogP) is 5.16. The molecule has 0 saturated carbocycles. The number of hydrogen-bond donors (Lipinski definition) is 0. The maximum atomic E-state index is 12.7. The third-order valence-corrected chi connectivity index (χ3v) is 6.74. The number of hydrogen-bond acceptors (Lipinski definition) is 7. The second kappa shape index (κ2) is 12.6. The Morgan fingerprint density at radius 2 is 1.85 bits per heavy atom. The highest BCUT2D eigenvalue weighted by molar-refractivity contribution is 8.15. The molecule has 8 heteroatoms. The van der Waals surface area contributed by atoms with E-state index in [1.54, 1.807) is 6.92 Å². The van der Waals surface area contributed by atoms with Crippen LogP contribution in [0.25, 0.3) is 0 Å². The third-order valence-electron chi connectivity index (χ3n) is 5.72. The standard InChI is InChI=1S/C26H32N2O5S/c1-4-6-7-18(3)25(30)33-28-24(29)23(34-26(28)31)16-20-9-12-22(13-10-20)32-15-14-21-11-8-19(5-2)17-27-21/h8-13,17-18,23H,4-7,14-16H2,1-3H3. The lowest BCUT2D eigenvalue weighted by atomic mass is 10.1. The van der Waals surface area contributed by atoms with E-state index in [1.807, 2.05) is 43.5 Å². The number of imide groups is 1. The molecule has 0 radical (unpaired) electrons. The molecule has 2 atom stereocenters. The molecule has 3 rings (SSSR count). The molecular formula is C26H32N2O5S. The number of rotatable bonds is 12. The molecular weight excluding hydrogens is 452 g/mol. The maximum Gasteiger partial charge on any atom is 0.336 e. The molecule has 2 aromatic rings. The van der Waals surface area contributed by atoms with Crippen molar-refractivity contribution in [2.45, 2.75) is 64.5 Å². The molecule has 2 unspecified atom stereocenters. The largest absolute Gasteiger partial charge is 0.493 e. The number of nitrogens with zero attached hydrogens (tertiary/aromatic N) is 2. The lowest BCUT2D eigenvalue weighted by Crippen LogP contribution is -2.36. The van der Waals surface area contributed by atoms with Crippen molar-refractivity contribution in [2.75, 3.05) is 6.61 Å². The molecule has 0 aliphatic carbocycles. The average Bonchev–Trinajstić information content (AvgIpc) is 3.11. The summed E-state index contributed by atoms with van der Waals surface area (Å²) < 4.78 is 5.81. The molecule has 182 valence electrons. The predicted molar refractivity (Wildman–Crippen MR) is 131 cm³/mol. The van der Waals surface area contributed by atoms with E-state index in [1.165, 1.54) is 5.56 Å². The summed E-state index contributed by atoms with van der Waals surface area (Å²) in [6.07, 6.45) is 6.46. The molecule has 1 aromatic heterocycles. The molecule has 2 heterocycles. The van der Waals surface area contributed by atoms with Crippen LogP contribution in [0.1, 0.15) is 56.9 Å². The van der Waals surface area contributed by atoms with Gasteiger partial charge in [0.25, 0.3) is 5.91 Å². The molecule has 34 heavy (non-hydrogen) atoms. The van der Waals surface area contributed by atoms with Crippen molar-refractivity contribution in [1.82, 2.24) is 10.0 Å².